The van der Waals surface area contributed by atoms with Crippen LogP contribution in [0.5, 0.6) is 0 Å². The Morgan fingerprint density at radius 3 is 1.34 bits per heavy atom. The third-order valence-electron chi connectivity index (χ3n) is 13.0. The maximum Gasteiger partial charge on any atom is 0.0714 e. The van der Waals surface area contributed by atoms with Crippen molar-refractivity contribution in [1.82, 2.24) is 0 Å². The summed E-state index contributed by atoms with van der Waals surface area (Å²) in [7, 11) is 0. The number of fused-ring (bicyclic) bond motifs is 6. The van der Waals surface area contributed by atoms with Gasteiger partial charge in [0.1, 0.15) is 0 Å². The second-order valence-corrected chi connectivity index (χ2v) is 16.5. The van der Waals surface area contributed by atoms with Crippen molar-refractivity contribution < 1.29 is 0 Å². The fourth-order valence-electron chi connectivity index (χ4n) is 10.2. The smallest absolute Gasteiger partial charge is 0.0714 e. The molecule has 0 unspecified atom stereocenters. The summed E-state index contributed by atoms with van der Waals surface area (Å²) in [4.78, 5) is 2.48. The standard InChI is InChI=1S/C58H43N/c1-57(2)53-27-14-12-25-49(53)51-35-33-47(38-55(51)57)59(46-24-16-19-43(37-46)42-31-29-41(30-32-42)40-17-6-3-7-18-40)48-34-36-52-50-26-13-15-28-54(50)58(56(52)39-48,44-20-8-4-9-21-44)45-22-10-5-11-23-45/h3-39H,1-2H3. The van der Waals surface area contributed by atoms with Gasteiger partial charge in [-0.05, 0) is 114 Å². The van der Waals surface area contributed by atoms with E-state index in [1.54, 1.807) is 0 Å². The third-order valence-corrected chi connectivity index (χ3v) is 13.0. The number of benzene rings is 9. The second-order valence-electron chi connectivity index (χ2n) is 16.5. The molecule has 0 heterocycles. The molecule has 1 heteroatoms. The number of hydrogen-bond acceptors (Lipinski definition) is 1. The fourth-order valence-corrected chi connectivity index (χ4v) is 10.2. The lowest BCUT2D eigenvalue weighted by Gasteiger charge is -2.35. The molecule has 0 atom stereocenters. The van der Waals surface area contributed by atoms with Crippen LogP contribution in [-0.4, -0.2) is 0 Å². The van der Waals surface area contributed by atoms with E-state index in [1.165, 1.54) is 77.9 Å². The summed E-state index contributed by atoms with van der Waals surface area (Å²) < 4.78 is 0. The Kier molecular flexibility index (Phi) is 8.13. The van der Waals surface area contributed by atoms with Crippen molar-refractivity contribution in [3.63, 3.8) is 0 Å². The molecule has 11 rings (SSSR count). The molecule has 9 aromatic carbocycles. The van der Waals surface area contributed by atoms with E-state index in [9.17, 15) is 0 Å². The van der Waals surface area contributed by atoms with Crippen molar-refractivity contribution in [3.05, 3.63) is 258 Å². The first-order valence-corrected chi connectivity index (χ1v) is 20.7. The van der Waals surface area contributed by atoms with Crippen LogP contribution in [0.4, 0.5) is 17.1 Å². The maximum atomic E-state index is 2.48. The van der Waals surface area contributed by atoms with E-state index in [2.05, 4.69) is 243 Å². The molecule has 0 bridgehead atoms. The van der Waals surface area contributed by atoms with Crippen LogP contribution in [0.3, 0.4) is 0 Å². The summed E-state index contributed by atoms with van der Waals surface area (Å²) in [6.45, 7) is 4.73. The molecule has 59 heavy (non-hydrogen) atoms. The van der Waals surface area contributed by atoms with Gasteiger partial charge in [0.05, 0.1) is 5.41 Å². The Labute approximate surface area is 347 Å². The van der Waals surface area contributed by atoms with Crippen molar-refractivity contribution >= 4 is 17.1 Å². The van der Waals surface area contributed by atoms with Crippen LogP contribution >= 0.6 is 0 Å². The summed E-state index contributed by atoms with van der Waals surface area (Å²) in [6.07, 6.45) is 0. The number of rotatable bonds is 7. The number of nitrogens with zero attached hydrogens (tertiary/aromatic N) is 1. The largest absolute Gasteiger partial charge is 0.310 e. The molecule has 2 aliphatic rings. The minimum atomic E-state index is -0.500. The molecule has 0 aromatic heterocycles. The van der Waals surface area contributed by atoms with Gasteiger partial charge >= 0.3 is 0 Å². The van der Waals surface area contributed by atoms with Gasteiger partial charge in [0, 0.05) is 22.5 Å². The highest BCUT2D eigenvalue weighted by atomic mass is 15.1. The zero-order valence-electron chi connectivity index (χ0n) is 33.3. The topological polar surface area (TPSA) is 3.24 Å². The van der Waals surface area contributed by atoms with Crippen LogP contribution < -0.4 is 4.90 Å². The molecule has 9 aromatic rings. The van der Waals surface area contributed by atoms with Gasteiger partial charge in [-0.25, -0.2) is 0 Å². The summed E-state index contributed by atoms with van der Waals surface area (Å²) in [5, 5.41) is 0. The average molecular weight is 754 g/mol. The molecular formula is C58H43N. The van der Waals surface area contributed by atoms with Crippen molar-refractivity contribution in [1.29, 1.82) is 0 Å². The molecule has 0 spiro atoms. The molecule has 0 amide bonds. The van der Waals surface area contributed by atoms with Crippen molar-refractivity contribution in [2.24, 2.45) is 0 Å². The molecule has 0 saturated carbocycles. The third kappa shape index (κ3) is 5.46. The Bertz CT molecular complexity index is 2960. The van der Waals surface area contributed by atoms with Crippen LogP contribution in [0.15, 0.2) is 224 Å². The van der Waals surface area contributed by atoms with E-state index in [0.717, 1.165) is 17.1 Å². The lowest BCUT2D eigenvalue weighted by molar-refractivity contribution is 0.660. The molecule has 280 valence electrons. The van der Waals surface area contributed by atoms with Crippen molar-refractivity contribution in [2.45, 2.75) is 24.7 Å². The fraction of sp³-hybridized carbons (Fsp3) is 0.0690. The molecule has 0 radical (unpaired) electrons. The van der Waals surface area contributed by atoms with Gasteiger partial charge in [-0.2, -0.15) is 0 Å². The molecule has 0 aliphatic heterocycles. The zero-order valence-corrected chi connectivity index (χ0v) is 33.3. The van der Waals surface area contributed by atoms with Crippen LogP contribution in [0.25, 0.3) is 44.5 Å². The summed E-state index contributed by atoms with van der Waals surface area (Å²) in [6, 6.07) is 83.0. The van der Waals surface area contributed by atoms with Gasteiger partial charge in [-0.3, -0.25) is 0 Å². The normalized spacial score (nSPS) is 13.9. The maximum absolute atomic E-state index is 2.48. The molecular weight excluding hydrogens is 711 g/mol. The molecule has 0 N–H and O–H groups in total. The first kappa shape index (κ1) is 35.0. The molecule has 0 saturated heterocycles. The lowest BCUT2D eigenvalue weighted by Crippen LogP contribution is -2.28. The van der Waals surface area contributed by atoms with E-state index in [-0.39, 0.29) is 5.41 Å². The molecule has 1 nitrogen and oxygen atoms in total. The Hall–Kier alpha value is -7.22. The lowest BCUT2D eigenvalue weighted by atomic mass is 9.67. The molecule has 0 fully saturated rings. The SMILES string of the molecule is CC1(C)c2ccccc2-c2ccc(N(c3cccc(-c4ccc(-c5ccccc5)cc4)c3)c3ccc4c(c3)C(c3ccccc3)(c3ccccc3)c3ccccc3-4)cc21. The number of hydrogen-bond donors (Lipinski definition) is 0. The summed E-state index contributed by atoms with van der Waals surface area (Å²) >= 11 is 0. The molecule has 2 aliphatic carbocycles. The van der Waals surface area contributed by atoms with Crippen LogP contribution in [0, 0.1) is 0 Å². The van der Waals surface area contributed by atoms with Crippen LogP contribution in [-0.2, 0) is 10.8 Å². The monoisotopic (exact) mass is 753 g/mol. The predicted molar refractivity (Wildman–Crippen MR) is 247 cm³/mol. The minimum absolute atomic E-state index is 0.134. The highest BCUT2D eigenvalue weighted by Gasteiger charge is 2.46. The Morgan fingerprint density at radius 2 is 0.712 bits per heavy atom. The predicted octanol–water partition coefficient (Wildman–Crippen LogP) is 15.2. The van der Waals surface area contributed by atoms with E-state index in [4.69, 9.17) is 0 Å². The zero-order chi connectivity index (χ0) is 39.6. The first-order valence-electron chi connectivity index (χ1n) is 20.7. The van der Waals surface area contributed by atoms with Gasteiger partial charge in [0.2, 0.25) is 0 Å². The van der Waals surface area contributed by atoms with Crippen LogP contribution in [0.1, 0.15) is 47.2 Å². The van der Waals surface area contributed by atoms with Gasteiger partial charge in [0.15, 0.2) is 0 Å². The van der Waals surface area contributed by atoms with Gasteiger partial charge in [0.25, 0.3) is 0 Å². The quantitative estimate of drug-likeness (QED) is 0.157. The van der Waals surface area contributed by atoms with E-state index >= 15 is 0 Å². The van der Waals surface area contributed by atoms with Gasteiger partial charge < -0.3 is 4.90 Å². The highest BCUT2D eigenvalue weighted by Crippen LogP contribution is 2.58. The number of anilines is 3. The van der Waals surface area contributed by atoms with Crippen molar-refractivity contribution in [2.75, 3.05) is 4.90 Å². The van der Waals surface area contributed by atoms with E-state index in [1.807, 2.05) is 0 Å². The Morgan fingerprint density at radius 1 is 0.288 bits per heavy atom. The van der Waals surface area contributed by atoms with Crippen LogP contribution in [0.2, 0.25) is 0 Å². The second kappa shape index (κ2) is 13.7. The Balaban J connectivity index is 1.12. The summed E-state index contributed by atoms with van der Waals surface area (Å²) in [5.74, 6) is 0. The van der Waals surface area contributed by atoms with Gasteiger partial charge in [-0.15, -0.1) is 0 Å². The van der Waals surface area contributed by atoms with Crippen molar-refractivity contribution in [3.8, 4) is 44.5 Å². The van der Waals surface area contributed by atoms with E-state index in [0.29, 0.717) is 0 Å². The average Bonchev–Trinajstić information content (AvgIpc) is 3.73. The van der Waals surface area contributed by atoms with E-state index < -0.39 is 5.41 Å². The minimum Gasteiger partial charge on any atom is -0.310 e. The highest BCUT2D eigenvalue weighted by molar-refractivity contribution is 5.91. The van der Waals surface area contributed by atoms with Gasteiger partial charge in [-0.1, -0.05) is 202 Å². The summed E-state index contributed by atoms with van der Waals surface area (Å²) in [5.41, 5.74) is 20.6. The first-order chi connectivity index (χ1) is 29.0.